The second kappa shape index (κ2) is 8.02. The molecule has 0 saturated heterocycles. The van der Waals surface area contributed by atoms with Crippen LogP contribution in [-0.4, -0.2) is 31.7 Å². The minimum absolute atomic E-state index is 0.0312. The Bertz CT molecular complexity index is 587. The predicted octanol–water partition coefficient (Wildman–Crippen LogP) is 5.95. The van der Waals surface area contributed by atoms with E-state index >= 15 is 0 Å². The van der Waals surface area contributed by atoms with Crippen LogP contribution in [0.2, 0.25) is 0 Å². The van der Waals surface area contributed by atoms with Crippen molar-refractivity contribution in [1.82, 2.24) is 0 Å². The molecule has 0 radical (unpaired) electrons. The number of hydrogen-bond donors (Lipinski definition) is 0. The minimum Gasteiger partial charge on any atom is -0.493 e. The molecule has 0 aliphatic rings. The summed E-state index contributed by atoms with van der Waals surface area (Å²) in [4.78, 5) is 0. The van der Waals surface area contributed by atoms with Crippen molar-refractivity contribution in [2.75, 3.05) is 13.7 Å². The zero-order valence-electron chi connectivity index (χ0n) is 14.6. The molecular weight excluding hydrogens is 369 g/mol. The van der Waals surface area contributed by atoms with E-state index in [0.29, 0.717) is 6.42 Å². The van der Waals surface area contributed by atoms with Gasteiger partial charge in [-0.05, 0) is 19.4 Å². The van der Waals surface area contributed by atoms with E-state index in [-0.39, 0.29) is 17.9 Å². The van der Waals surface area contributed by atoms with Crippen LogP contribution in [0.1, 0.15) is 38.7 Å². The van der Waals surface area contributed by atoms with Gasteiger partial charge in [-0.3, -0.25) is 0 Å². The Morgan fingerprint density at radius 3 is 2.04 bits per heavy atom. The average Bonchev–Trinajstić information content (AvgIpc) is 2.54. The van der Waals surface area contributed by atoms with Crippen LogP contribution in [0.5, 0.6) is 5.75 Å². The lowest BCUT2D eigenvalue weighted by Crippen LogP contribution is -2.54. The highest BCUT2D eigenvalue weighted by atomic mass is 19.4. The van der Waals surface area contributed by atoms with Crippen LogP contribution in [0.4, 0.5) is 30.7 Å². The molecule has 0 heterocycles. The van der Waals surface area contributed by atoms with Crippen molar-refractivity contribution in [2.24, 2.45) is 0 Å². The van der Waals surface area contributed by atoms with E-state index in [1.807, 2.05) is 6.92 Å². The molecule has 0 spiro atoms. The normalized spacial score (nSPS) is 15.6. The third kappa shape index (κ3) is 4.61. The molecule has 0 amide bonds. The van der Waals surface area contributed by atoms with Gasteiger partial charge in [0, 0.05) is 12.7 Å². The number of alkyl halides is 7. The molecule has 26 heavy (non-hydrogen) atoms. The van der Waals surface area contributed by atoms with Gasteiger partial charge in [-0.25, -0.2) is 0 Å². The highest BCUT2D eigenvalue weighted by Crippen LogP contribution is 2.52. The Kier molecular flexibility index (Phi) is 6.95. The Hall–Kier alpha value is -1.51. The largest absolute Gasteiger partial charge is 0.493 e. The van der Waals surface area contributed by atoms with Crippen molar-refractivity contribution < 1.29 is 40.2 Å². The third-order valence-corrected chi connectivity index (χ3v) is 4.04. The fourth-order valence-corrected chi connectivity index (χ4v) is 2.38. The monoisotopic (exact) mass is 390 g/mol. The summed E-state index contributed by atoms with van der Waals surface area (Å²) in [5, 5.41) is 0. The number of hydrogen-bond acceptors (Lipinski definition) is 2. The van der Waals surface area contributed by atoms with Gasteiger partial charge in [0.2, 0.25) is 0 Å². The lowest BCUT2D eigenvalue weighted by atomic mass is 9.86. The van der Waals surface area contributed by atoms with E-state index in [1.54, 1.807) is 0 Å². The third-order valence-electron chi connectivity index (χ3n) is 4.04. The Morgan fingerprint density at radius 2 is 1.54 bits per heavy atom. The molecule has 1 unspecified atom stereocenters. The molecule has 0 bridgehead atoms. The first kappa shape index (κ1) is 22.5. The summed E-state index contributed by atoms with van der Waals surface area (Å²) in [5.41, 5.74) is -2.16. The van der Waals surface area contributed by atoms with E-state index in [9.17, 15) is 30.7 Å². The van der Waals surface area contributed by atoms with Crippen molar-refractivity contribution in [3.05, 3.63) is 29.8 Å². The molecule has 0 aliphatic heterocycles. The van der Waals surface area contributed by atoms with Crippen molar-refractivity contribution in [2.45, 2.75) is 56.7 Å². The van der Waals surface area contributed by atoms with E-state index in [0.717, 1.165) is 20.5 Å². The fourth-order valence-electron chi connectivity index (χ4n) is 2.38. The molecule has 0 saturated carbocycles. The molecule has 1 aromatic rings. The summed E-state index contributed by atoms with van der Waals surface area (Å²) in [6.07, 6.45) is -6.82. The lowest BCUT2D eigenvalue weighted by molar-refractivity contribution is -0.362. The first-order valence-corrected chi connectivity index (χ1v) is 7.92. The van der Waals surface area contributed by atoms with Gasteiger partial charge in [-0.1, -0.05) is 31.5 Å². The quantitative estimate of drug-likeness (QED) is 0.383. The molecule has 1 rings (SSSR count). The molecule has 2 nitrogen and oxygen atoms in total. The summed E-state index contributed by atoms with van der Waals surface area (Å²) in [6, 6.07) is 5.68. The van der Waals surface area contributed by atoms with E-state index in [2.05, 4.69) is 0 Å². The van der Waals surface area contributed by atoms with Crippen LogP contribution in [0, 0.1) is 0 Å². The first-order valence-electron chi connectivity index (χ1n) is 7.92. The number of ether oxygens (including phenoxy) is 2. The van der Waals surface area contributed by atoms with Gasteiger partial charge in [-0.15, -0.1) is 0 Å². The van der Waals surface area contributed by atoms with Crippen LogP contribution in [-0.2, 0) is 10.3 Å². The fraction of sp³-hybridized carbons (Fsp3) is 0.647. The Morgan fingerprint density at radius 1 is 0.962 bits per heavy atom. The number of para-hydroxylation sites is 1. The zero-order valence-corrected chi connectivity index (χ0v) is 14.6. The van der Waals surface area contributed by atoms with E-state index in [1.165, 1.54) is 24.3 Å². The maximum atomic E-state index is 13.9. The zero-order chi connectivity index (χ0) is 20.2. The van der Waals surface area contributed by atoms with Gasteiger partial charge in [0.25, 0.3) is 0 Å². The van der Waals surface area contributed by atoms with Gasteiger partial charge in [0.05, 0.1) is 18.6 Å². The first-order chi connectivity index (χ1) is 11.8. The minimum atomic E-state index is -6.39. The van der Waals surface area contributed by atoms with E-state index in [4.69, 9.17) is 9.47 Å². The molecular formula is C17H21F7O2. The van der Waals surface area contributed by atoms with Crippen molar-refractivity contribution in [3.63, 3.8) is 0 Å². The highest BCUT2D eigenvalue weighted by molar-refractivity contribution is 5.38. The second-order valence-corrected chi connectivity index (χ2v) is 6.09. The van der Waals surface area contributed by atoms with Crippen LogP contribution < -0.4 is 4.74 Å². The average molecular weight is 390 g/mol. The van der Waals surface area contributed by atoms with Gasteiger partial charge in [0.1, 0.15) is 5.75 Å². The van der Waals surface area contributed by atoms with Crippen LogP contribution in [0.25, 0.3) is 0 Å². The topological polar surface area (TPSA) is 18.5 Å². The van der Waals surface area contributed by atoms with Gasteiger partial charge >= 0.3 is 18.0 Å². The number of methoxy groups -OCH3 is 1. The molecule has 1 aromatic carbocycles. The molecule has 0 N–H and O–H groups in total. The molecule has 9 heteroatoms. The smallest absolute Gasteiger partial charge is 0.459 e. The number of benzene rings is 1. The van der Waals surface area contributed by atoms with Crippen molar-refractivity contribution in [1.29, 1.82) is 0 Å². The summed E-state index contributed by atoms with van der Waals surface area (Å²) in [5.74, 6) is -11.5. The summed E-state index contributed by atoms with van der Waals surface area (Å²) in [6.45, 7) is 3.16. The molecule has 150 valence electrons. The van der Waals surface area contributed by atoms with E-state index < -0.39 is 30.0 Å². The number of unbranched alkanes of at least 4 members (excludes halogenated alkanes) is 1. The molecule has 0 fully saturated rings. The molecule has 0 aromatic heterocycles. The van der Waals surface area contributed by atoms with Crippen molar-refractivity contribution >= 4 is 0 Å². The number of halogens is 7. The second-order valence-electron chi connectivity index (χ2n) is 6.09. The Labute approximate surface area is 147 Å². The van der Waals surface area contributed by atoms with Gasteiger partial charge in [-0.2, -0.15) is 30.7 Å². The van der Waals surface area contributed by atoms with Crippen molar-refractivity contribution in [3.8, 4) is 5.75 Å². The van der Waals surface area contributed by atoms with Crippen LogP contribution in [0.15, 0.2) is 24.3 Å². The predicted molar refractivity (Wildman–Crippen MR) is 81.8 cm³/mol. The SMILES string of the molecule is CCCCOc1ccccc1C(C)(CC(F)(F)C(F)(F)C(F)(F)F)OC. The Balaban J connectivity index is 3.24. The number of rotatable bonds is 9. The highest BCUT2D eigenvalue weighted by Gasteiger charge is 2.73. The summed E-state index contributed by atoms with van der Waals surface area (Å²) >= 11 is 0. The van der Waals surface area contributed by atoms with Gasteiger partial charge in [0.15, 0.2) is 0 Å². The summed E-state index contributed by atoms with van der Waals surface area (Å²) < 4.78 is 102. The lowest BCUT2D eigenvalue weighted by Gasteiger charge is -2.36. The maximum absolute atomic E-state index is 13.9. The standard InChI is InChI=1S/C17H21F7O2/c1-4-5-10-26-13-9-7-6-8-12(13)14(2,25-3)11-15(18,19)16(20,21)17(22,23)24/h6-9H,4-5,10-11H2,1-3H3. The molecule has 1 atom stereocenters. The molecule has 0 aliphatic carbocycles. The summed E-state index contributed by atoms with van der Waals surface area (Å²) in [7, 11) is 0.963. The maximum Gasteiger partial charge on any atom is 0.459 e. The van der Waals surface area contributed by atoms with Crippen LogP contribution in [0.3, 0.4) is 0 Å². The van der Waals surface area contributed by atoms with Gasteiger partial charge < -0.3 is 9.47 Å². The van der Waals surface area contributed by atoms with Crippen LogP contribution >= 0.6 is 0 Å².